The van der Waals surface area contributed by atoms with Crippen LogP contribution in [0.3, 0.4) is 0 Å². The summed E-state index contributed by atoms with van der Waals surface area (Å²) in [4.78, 5) is 23.2. The van der Waals surface area contributed by atoms with Crippen LogP contribution in [0.5, 0.6) is 0 Å². The van der Waals surface area contributed by atoms with Crippen molar-refractivity contribution >= 4 is 11.8 Å². The van der Waals surface area contributed by atoms with Gasteiger partial charge in [-0.1, -0.05) is 31.5 Å². The van der Waals surface area contributed by atoms with Gasteiger partial charge in [0.2, 0.25) is 5.91 Å². The first-order valence-electron chi connectivity index (χ1n) is 6.60. The Kier molecular flexibility index (Phi) is 6.06. The number of hydrogen-bond donors (Lipinski definition) is 2. The molecule has 4 nitrogen and oxygen atoms in total. The second-order valence-electron chi connectivity index (χ2n) is 5.07. The number of carbonyl (C=O) groups is 2. The van der Waals surface area contributed by atoms with Crippen molar-refractivity contribution in [3.8, 4) is 0 Å². The van der Waals surface area contributed by atoms with E-state index in [2.05, 4.69) is 10.6 Å². The van der Waals surface area contributed by atoms with E-state index in [0.29, 0.717) is 31.0 Å². The van der Waals surface area contributed by atoms with Crippen LogP contribution >= 0.6 is 0 Å². The Labute approximate surface area is 114 Å². The van der Waals surface area contributed by atoms with Gasteiger partial charge in [-0.05, 0) is 25.0 Å². The van der Waals surface area contributed by atoms with Crippen molar-refractivity contribution in [2.24, 2.45) is 5.92 Å². The first-order chi connectivity index (χ1) is 8.99. The summed E-state index contributed by atoms with van der Waals surface area (Å²) in [6.07, 6.45) is 0.520. The molecule has 0 radical (unpaired) electrons. The van der Waals surface area contributed by atoms with Crippen molar-refractivity contribution in [1.82, 2.24) is 10.6 Å². The first-order valence-corrected chi connectivity index (χ1v) is 6.60. The van der Waals surface area contributed by atoms with Crippen molar-refractivity contribution in [2.45, 2.75) is 27.2 Å². The molecule has 0 atom stereocenters. The van der Waals surface area contributed by atoms with E-state index in [0.717, 1.165) is 5.56 Å². The van der Waals surface area contributed by atoms with Crippen LogP contribution < -0.4 is 10.6 Å². The van der Waals surface area contributed by atoms with Gasteiger partial charge in [-0.25, -0.2) is 0 Å². The van der Waals surface area contributed by atoms with Crippen LogP contribution in [0.1, 0.15) is 36.2 Å². The molecule has 0 saturated carbocycles. The summed E-state index contributed by atoms with van der Waals surface area (Å²) >= 11 is 0. The molecule has 2 amide bonds. The summed E-state index contributed by atoms with van der Waals surface area (Å²) in [7, 11) is 0. The van der Waals surface area contributed by atoms with Crippen LogP contribution in [0, 0.1) is 12.8 Å². The largest absolute Gasteiger partial charge is 0.354 e. The summed E-state index contributed by atoms with van der Waals surface area (Å²) < 4.78 is 0. The lowest BCUT2D eigenvalue weighted by atomic mass is 10.1. The van der Waals surface area contributed by atoms with Gasteiger partial charge < -0.3 is 10.6 Å². The molecule has 0 spiro atoms. The maximum absolute atomic E-state index is 11.8. The average molecular weight is 262 g/mol. The fourth-order valence-corrected chi connectivity index (χ4v) is 1.71. The third-order valence-electron chi connectivity index (χ3n) is 2.61. The molecule has 0 unspecified atom stereocenters. The molecule has 1 rings (SSSR count). The van der Waals surface area contributed by atoms with Crippen LogP contribution in [0.2, 0.25) is 0 Å². The second kappa shape index (κ2) is 7.56. The lowest BCUT2D eigenvalue weighted by Crippen LogP contribution is -2.35. The molecule has 0 heterocycles. The third kappa shape index (κ3) is 6.04. The van der Waals surface area contributed by atoms with E-state index in [1.807, 2.05) is 39.0 Å². The van der Waals surface area contributed by atoms with E-state index < -0.39 is 0 Å². The van der Waals surface area contributed by atoms with E-state index in [1.54, 1.807) is 6.07 Å². The number of amides is 2. The van der Waals surface area contributed by atoms with Gasteiger partial charge in [-0.15, -0.1) is 0 Å². The molecule has 0 saturated heterocycles. The minimum absolute atomic E-state index is 0.0276. The van der Waals surface area contributed by atoms with Crippen LogP contribution in [-0.2, 0) is 4.79 Å². The predicted octanol–water partition coefficient (Wildman–Crippen LogP) is 1.89. The number of hydrogen-bond acceptors (Lipinski definition) is 2. The molecule has 0 aliphatic carbocycles. The molecule has 0 aliphatic rings. The highest BCUT2D eigenvalue weighted by atomic mass is 16.2. The van der Waals surface area contributed by atoms with Gasteiger partial charge in [-0.2, -0.15) is 0 Å². The van der Waals surface area contributed by atoms with E-state index >= 15 is 0 Å². The lowest BCUT2D eigenvalue weighted by molar-refractivity contribution is -0.121. The van der Waals surface area contributed by atoms with Crippen molar-refractivity contribution in [2.75, 3.05) is 13.1 Å². The Morgan fingerprint density at radius 2 is 1.84 bits per heavy atom. The number of aryl methyl sites for hydroxylation is 1. The summed E-state index contributed by atoms with van der Waals surface area (Å²) in [6, 6.07) is 7.42. The summed E-state index contributed by atoms with van der Waals surface area (Å²) in [5, 5.41) is 5.56. The first kappa shape index (κ1) is 15.2. The molecule has 1 aromatic rings. The van der Waals surface area contributed by atoms with E-state index in [1.165, 1.54) is 0 Å². The zero-order valence-electron chi connectivity index (χ0n) is 11.8. The van der Waals surface area contributed by atoms with Gasteiger partial charge in [0.05, 0.1) is 0 Å². The zero-order chi connectivity index (χ0) is 14.3. The zero-order valence-corrected chi connectivity index (χ0v) is 11.8. The van der Waals surface area contributed by atoms with Crippen LogP contribution in [0.15, 0.2) is 24.3 Å². The van der Waals surface area contributed by atoms with Gasteiger partial charge in [0.1, 0.15) is 0 Å². The van der Waals surface area contributed by atoms with Crippen molar-refractivity contribution in [3.05, 3.63) is 35.4 Å². The van der Waals surface area contributed by atoms with Crippen molar-refractivity contribution in [1.29, 1.82) is 0 Å². The maximum Gasteiger partial charge on any atom is 0.251 e. The summed E-state index contributed by atoms with van der Waals surface area (Å²) in [5.74, 6) is 0.267. The Balaban J connectivity index is 2.26. The minimum Gasteiger partial charge on any atom is -0.354 e. The SMILES string of the molecule is Cc1cccc(C(=O)NCCNC(=O)CC(C)C)c1. The smallest absolute Gasteiger partial charge is 0.251 e. The highest BCUT2D eigenvalue weighted by Crippen LogP contribution is 2.03. The Morgan fingerprint density at radius 1 is 1.16 bits per heavy atom. The monoisotopic (exact) mass is 262 g/mol. The maximum atomic E-state index is 11.8. The highest BCUT2D eigenvalue weighted by molar-refractivity contribution is 5.94. The Morgan fingerprint density at radius 3 is 2.47 bits per heavy atom. The van der Waals surface area contributed by atoms with Gasteiger partial charge >= 0.3 is 0 Å². The molecule has 4 heteroatoms. The third-order valence-corrected chi connectivity index (χ3v) is 2.61. The molecule has 2 N–H and O–H groups in total. The molecule has 0 aliphatic heterocycles. The normalized spacial score (nSPS) is 10.3. The highest BCUT2D eigenvalue weighted by Gasteiger charge is 2.06. The summed E-state index contributed by atoms with van der Waals surface area (Å²) in [6.45, 7) is 6.85. The molecule has 0 fully saturated rings. The molecule has 0 bridgehead atoms. The Bertz CT molecular complexity index is 442. The van der Waals surface area contributed by atoms with Crippen LogP contribution in [0.4, 0.5) is 0 Å². The lowest BCUT2D eigenvalue weighted by Gasteiger charge is -2.08. The number of carbonyl (C=O) groups excluding carboxylic acids is 2. The number of nitrogens with one attached hydrogen (secondary N) is 2. The van der Waals surface area contributed by atoms with Crippen LogP contribution in [-0.4, -0.2) is 24.9 Å². The number of rotatable bonds is 6. The van der Waals surface area contributed by atoms with Gasteiger partial charge in [0.25, 0.3) is 5.91 Å². The molecule has 1 aromatic carbocycles. The van der Waals surface area contributed by atoms with Gasteiger partial charge in [0.15, 0.2) is 0 Å². The molecular formula is C15H22N2O2. The fourth-order valence-electron chi connectivity index (χ4n) is 1.71. The van der Waals surface area contributed by atoms with E-state index in [-0.39, 0.29) is 11.8 Å². The van der Waals surface area contributed by atoms with Gasteiger partial charge in [0, 0.05) is 25.1 Å². The second-order valence-corrected chi connectivity index (χ2v) is 5.07. The molecule has 0 aromatic heterocycles. The van der Waals surface area contributed by atoms with E-state index in [9.17, 15) is 9.59 Å². The average Bonchev–Trinajstić information content (AvgIpc) is 2.33. The molecule has 104 valence electrons. The predicted molar refractivity (Wildman–Crippen MR) is 76.0 cm³/mol. The van der Waals surface area contributed by atoms with Crippen molar-refractivity contribution in [3.63, 3.8) is 0 Å². The minimum atomic E-state index is -0.109. The quantitative estimate of drug-likeness (QED) is 0.769. The molecular weight excluding hydrogens is 240 g/mol. The van der Waals surface area contributed by atoms with Gasteiger partial charge in [-0.3, -0.25) is 9.59 Å². The van der Waals surface area contributed by atoms with Crippen LogP contribution in [0.25, 0.3) is 0 Å². The fraction of sp³-hybridized carbons (Fsp3) is 0.467. The topological polar surface area (TPSA) is 58.2 Å². The number of benzene rings is 1. The Hall–Kier alpha value is -1.84. The van der Waals surface area contributed by atoms with E-state index in [4.69, 9.17) is 0 Å². The summed E-state index contributed by atoms with van der Waals surface area (Å²) in [5.41, 5.74) is 1.70. The molecule has 19 heavy (non-hydrogen) atoms. The standard InChI is InChI=1S/C15H22N2O2/c1-11(2)9-14(18)16-7-8-17-15(19)13-6-4-5-12(3)10-13/h4-6,10-11H,7-9H2,1-3H3,(H,16,18)(H,17,19). The van der Waals surface area contributed by atoms with Crippen molar-refractivity contribution < 1.29 is 9.59 Å².